The molecule has 0 unspecified atom stereocenters. The molecule has 0 radical (unpaired) electrons. The van der Waals surface area contributed by atoms with Gasteiger partial charge in [0.1, 0.15) is 11.5 Å². The summed E-state index contributed by atoms with van der Waals surface area (Å²) in [6.45, 7) is 7.60. The van der Waals surface area contributed by atoms with Crippen molar-refractivity contribution in [3.05, 3.63) is 50.2 Å². The van der Waals surface area contributed by atoms with E-state index in [-0.39, 0.29) is 18.4 Å². The second-order valence-corrected chi connectivity index (χ2v) is 10.3. The molecule has 0 spiro atoms. The van der Waals surface area contributed by atoms with Crippen LogP contribution in [-0.2, 0) is 11.3 Å². The van der Waals surface area contributed by atoms with Crippen LogP contribution in [0.2, 0.25) is 0 Å². The zero-order valence-electron chi connectivity index (χ0n) is 18.7. The summed E-state index contributed by atoms with van der Waals surface area (Å²) in [6, 6.07) is 7.78. The van der Waals surface area contributed by atoms with Crippen molar-refractivity contribution < 1.29 is 14.7 Å². The third kappa shape index (κ3) is 4.52. The Labute approximate surface area is 202 Å². The first-order chi connectivity index (χ1) is 15.1. The molecule has 2 aliphatic rings. The number of halogens is 1. The fraction of sp³-hybridized carbons (Fsp3) is 0.400. The van der Waals surface area contributed by atoms with Gasteiger partial charge >= 0.3 is 5.91 Å². The average Bonchev–Trinajstić information content (AvgIpc) is 3.50. The lowest BCUT2D eigenvalue weighted by Gasteiger charge is -2.24. The molecule has 2 heterocycles. The molecule has 6 nitrogen and oxygen atoms in total. The Hall–Kier alpha value is -2.44. The molecule has 1 aliphatic carbocycles. The van der Waals surface area contributed by atoms with Crippen LogP contribution in [0.4, 0.5) is 11.5 Å². The molecular formula is C25H26IN3O3. The first-order valence-corrected chi connectivity index (χ1v) is 11.8. The van der Waals surface area contributed by atoms with E-state index in [1.54, 1.807) is 36.6 Å². The Morgan fingerprint density at radius 3 is 2.69 bits per heavy atom. The third-order valence-electron chi connectivity index (χ3n) is 5.62. The van der Waals surface area contributed by atoms with E-state index in [4.69, 9.17) is 0 Å². The van der Waals surface area contributed by atoms with Crippen molar-refractivity contribution in [2.75, 3.05) is 11.4 Å². The van der Waals surface area contributed by atoms with Crippen LogP contribution in [0.15, 0.2) is 24.3 Å². The van der Waals surface area contributed by atoms with E-state index in [0.717, 1.165) is 38.8 Å². The molecule has 1 N–H and O–H groups in total. The van der Waals surface area contributed by atoms with Crippen LogP contribution in [0, 0.1) is 22.3 Å². The number of amides is 2. The predicted octanol–water partition coefficient (Wildman–Crippen LogP) is 4.29. The van der Waals surface area contributed by atoms with Crippen LogP contribution in [-0.4, -0.2) is 39.0 Å². The maximum absolute atomic E-state index is 13.2. The molecule has 32 heavy (non-hydrogen) atoms. The molecule has 0 bridgehead atoms. The molecule has 1 saturated carbocycles. The van der Waals surface area contributed by atoms with Gasteiger partial charge in [0.2, 0.25) is 0 Å². The Bertz CT molecular complexity index is 1170. The Morgan fingerprint density at radius 2 is 2.06 bits per heavy atom. The van der Waals surface area contributed by atoms with Crippen LogP contribution in [0.25, 0.3) is 0 Å². The van der Waals surface area contributed by atoms with Gasteiger partial charge in [0.25, 0.3) is 5.91 Å². The Balaban J connectivity index is 1.80. The molecule has 166 valence electrons. The standard InChI is InChI=1S/C25H26IN3O3/c1-5-6-22(30)29(20-11-15(2)19(26)12-18(20)16-7-8-16)21-10-9-17-13-28(14-25(3,4)32)24(31)23(17)27-21/h9-12,16,32H,7-8,13-14H2,1-4H3. The van der Waals surface area contributed by atoms with Gasteiger partial charge < -0.3 is 10.0 Å². The number of pyridine rings is 1. The van der Waals surface area contributed by atoms with Crippen LogP contribution in [0.5, 0.6) is 0 Å². The highest BCUT2D eigenvalue weighted by Crippen LogP contribution is 2.46. The smallest absolute Gasteiger partial charge is 0.308 e. The summed E-state index contributed by atoms with van der Waals surface area (Å²) in [7, 11) is 0. The number of aromatic nitrogens is 1. The van der Waals surface area contributed by atoms with Gasteiger partial charge in [-0.05, 0) is 104 Å². The van der Waals surface area contributed by atoms with Crippen molar-refractivity contribution >= 4 is 45.9 Å². The summed E-state index contributed by atoms with van der Waals surface area (Å²) in [5.41, 5.74) is 3.08. The lowest BCUT2D eigenvalue weighted by atomic mass is 10.0. The summed E-state index contributed by atoms with van der Waals surface area (Å²) in [6.07, 6.45) is 2.19. The molecule has 1 aliphatic heterocycles. The number of β-amino-alcohol motifs (C(OH)–C–C–N with tert-alkyl or cyclic N) is 1. The first kappa shape index (κ1) is 22.7. The van der Waals surface area contributed by atoms with Crippen molar-refractivity contribution in [3.8, 4) is 11.8 Å². The average molecular weight is 543 g/mol. The summed E-state index contributed by atoms with van der Waals surface area (Å²) >= 11 is 2.32. The number of nitrogens with zero attached hydrogens (tertiary/aromatic N) is 3. The molecule has 0 atom stereocenters. The molecule has 2 amide bonds. The van der Waals surface area contributed by atoms with Crippen molar-refractivity contribution in [1.82, 2.24) is 9.88 Å². The topological polar surface area (TPSA) is 73.7 Å². The fourth-order valence-corrected chi connectivity index (χ4v) is 4.52. The van der Waals surface area contributed by atoms with E-state index >= 15 is 0 Å². The van der Waals surface area contributed by atoms with Crippen LogP contribution in [0.3, 0.4) is 0 Å². The van der Waals surface area contributed by atoms with Crippen molar-refractivity contribution in [2.24, 2.45) is 0 Å². The molecule has 2 aromatic rings. The Kier molecular flexibility index (Phi) is 6.03. The van der Waals surface area contributed by atoms with E-state index in [2.05, 4.69) is 45.5 Å². The molecule has 1 fully saturated rings. The van der Waals surface area contributed by atoms with Gasteiger partial charge in [-0.2, -0.15) is 0 Å². The predicted molar refractivity (Wildman–Crippen MR) is 132 cm³/mol. The van der Waals surface area contributed by atoms with Gasteiger partial charge in [-0.15, -0.1) is 0 Å². The molecular weight excluding hydrogens is 517 g/mol. The van der Waals surface area contributed by atoms with Crippen molar-refractivity contribution in [2.45, 2.75) is 58.6 Å². The molecule has 4 rings (SSSR count). The second-order valence-electron chi connectivity index (χ2n) is 9.10. The van der Waals surface area contributed by atoms with Gasteiger partial charge in [-0.3, -0.25) is 14.5 Å². The first-order valence-electron chi connectivity index (χ1n) is 10.7. The van der Waals surface area contributed by atoms with Crippen molar-refractivity contribution in [3.63, 3.8) is 0 Å². The number of rotatable bonds is 5. The van der Waals surface area contributed by atoms with Gasteiger partial charge in [0, 0.05) is 22.2 Å². The zero-order valence-corrected chi connectivity index (χ0v) is 20.9. The van der Waals surface area contributed by atoms with Crippen LogP contribution >= 0.6 is 22.6 Å². The number of fused-ring (bicyclic) bond motifs is 1. The number of hydrogen-bond acceptors (Lipinski definition) is 4. The lowest BCUT2D eigenvalue weighted by molar-refractivity contribution is -0.112. The number of hydrogen-bond donors (Lipinski definition) is 1. The lowest BCUT2D eigenvalue weighted by Crippen LogP contribution is -2.38. The highest BCUT2D eigenvalue weighted by molar-refractivity contribution is 14.1. The van der Waals surface area contributed by atoms with E-state index in [9.17, 15) is 14.7 Å². The van der Waals surface area contributed by atoms with E-state index in [1.807, 2.05) is 19.1 Å². The highest BCUT2D eigenvalue weighted by Gasteiger charge is 2.35. The number of aliphatic hydroxyl groups is 1. The van der Waals surface area contributed by atoms with Crippen LogP contribution in [0.1, 0.15) is 66.7 Å². The maximum Gasteiger partial charge on any atom is 0.308 e. The number of carbonyl (C=O) groups excluding carboxylic acids is 2. The molecule has 7 heteroatoms. The van der Waals surface area contributed by atoms with Gasteiger partial charge in [-0.25, -0.2) is 4.98 Å². The minimum absolute atomic E-state index is 0.212. The number of benzene rings is 1. The number of aryl methyl sites for hydroxylation is 1. The van der Waals surface area contributed by atoms with Gasteiger partial charge in [0.05, 0.1) is 11.3 Å². The van der Waals surface area contributed by atoms with Crippen molar-refractivity contribution in [1.29, 1.82) is 0 Å². The minimum Gasteiger partial charge on any atom is -0.389 e. The van der Waals surface area contributed by atoms with Gasteiger partial charge in [0.15, 0.2) is 0 Å². The molecule has 1 aromatic heterocycles. The largest absolute Gasteiger partial charge is 0.389 e. The quantitative estimate of drug-likeness (QED) is 0.452. The van der Waals surface area contributed by atoms with Crippen LogP contribution < -0.4 is 4.90 Å². The summed E-state index contributed by atoms with van der Waals surface area (Å²) in [5, 5.41) is 10.2. The second kappa shape index (κ2) is 8.49. The van der Waals surface area contributed by atoms with E-state index < -0.39 is 5.60 Å². The normalized spacial score (nSPS) is 15.3. The third-order valence-corrected chi connectivity index (χ3v) is 6.79. The van der Waals surface area contributed by atoms with Gasteiger partial charge in [-0.1, -0.05) is 12.0 Å². The minimum atomic E-state index is -1.00. The summed E-state index contributed by atoms with van der Waals surface area (Å²) < 4.78 is 1.15. The number of anilines is 2. The SMILES string of the molecule is CC#CC(=O)N(c1ccc2c(n1)C(=O)N(CC(C)(C)O)C2)c1cc(C)c(I)cc1C1CC1. The summed E-state index contributed by atoms with van der Waals surface area (Å²) in [5.74, 6) is 5.54. The maximum atomic E-state index is 13.2. The number of carbonyl (C=O) groups is 2. The van der Waals surface area contributed by atoms with E-state index in [0.29, 0.717) is 24.0 Å². The zero-order chi connectivity index (χ0) is 23.2. The highest BCUT2D eigenvalue weighted by atomic mass is 127. The Morgan fingerprint density at radius 1 is 1.34 bits per heavy atom. The molecule has 1 aromatic carbocycles. The monoisotopic (exact) mass is 543 g/mol. The van der Waals surface area contributed by atoms with E-state index in [1.165, 1.54) is 0 Å². The molecule has 0 saturated heterocycles. The summed E-state index contributed by atoms with van der Waals surface area (Å²) in [4.78, 5) is 33.9. The fourth-order valence-electron chi connectivity index (χ4n) is 4.03.